The Balaban J connectivity index is 1.17. The van der Waals surface area contributed by atoms with Gasteiger partial charge >= 0.3 is 0 Å². The molecular formula is C55H40OS. The van der Waals surface area contributed by atoms with Crippen molar-refractivity contribution < 1.29 is 4.42 Å². The van der Waals surface area contributed by atoms with Crippen LogP contribution in [0.1, 0.15) is 0 Å². The fourth-order valence-corrected chi connectivity index (χ4v) is 9.94. The summed E-state index contributed by atoms with van der Waals surface area (Å²) < 4.78 is 6.91. The van der Waals surface area contributed by atoms with Crippen LogP contribution in [0.3, 0.4) is 0 Å². The maximum absolute atomic E-state index is 6.91. The minimum atomic E-state index is -0.853. The van der Waals surface area contributed by atoms with Gasteiger partial charge in [0.2, 0.25) is 0 Å². The average molecular weight is 749 g/mol. The molecular weight excluding hydrogens is 709 g/mol. The third-order valence-electron chi connectivity index (χ3n) is 11.8. The molecule has 0 aliphatic heterocycles. The lowest BCUT2D eigenvalue weighted by molar-refractivity contribution is 0.670. The van der Waals surface area contributed by atoms with Crippen LogP contribution in [0.4, 0.5) is 0 Å². The van der Waals surface area contributed by atoms with E-state index in [1.807, 2.05) is 0 Å². The van der Waals surface area contributed by atoms with E-state index in [9.17, 15) is 0 Å². The van der Waals surface area contributed by atoms with E-state index >= 15 is 0 Å². The van der Waals surface area contributed by atoms with Gasteiger partial charge in [0.25, 0.3) is 0 Å². The van der Waals surface area contributed by atoms with Crippen molar-refractivity contribution in [3.63, 3.8) is 0 Å². The lowest BCUT2D eigenvalue weighted by atomic mass is 9.84. The number of benzene rings is 10. The van der Waals surface area contributed by atoms with Gasteiger partial charge in [-0.2, -0.15) is 0 Å². The summed E-state index contributed by atoms with van der Waals surface area (Å²) in [7, 11) is -0.853. The number of rotatable bonds is 5. The van der Waals surface area contributed by atoms with Gasteiger partial charge in [0.05, 0.1) is 0 Å². The van der Waals surface area contributed by atoms with Crippen LogP contribution in [0.5, 0.6) is 0 Å². The Labute approximate surface area is 334 Å². The summed E-state index contributed by atoms with van der Waals surface area (Å²) in [5.74, 6) is 0. The molecule has 10 aromatic carbocycles. The molecule has 0 amide bonds. The summed E-state index contributed by atoms with van der Waals surface area (Å²) in [4.78, 5) is 1.41. The third kappa shape index (κ3) is 5.55. The highest BCUT2D eigenvalue weighted by atomic mass is 32.3. The second-order valence-electron chi connectivity index (χ2n) is 16.0. The molecule has 11 aromatic rings. The molecule has 0 saturated carbocycles. The van der Waals surface area contributed by atoms with Gasteiger partial charge in [-0.05, 0) is 130 Å². The molecule has 0 fully saturated rings. The molecule has 0 atom stereocenters. The minimum Gasteiger partial charge on any atom is -0.455 e. The van der Waals surface area contributed by atoms with Crippen molar-refractivity contribution in [2.75, 3.05) is 18.8 Å². The Morgan fingerprint density at radius 3 is 1.63 bits per heavy atom. The molecule has 0 N–H and O–H groups in total. The van der Waals surface area contributed by atoms with Gasteiger partial charge in [-0.1, -0.05) is 158 Å². The maximum atomic E-state index is 6.91. The van der Waals surface area contributed by atoms with Crippen molar-refractivity contribution in [1.29, 1.82) is 0 Å². The molecule has 1 heterocycles. The second kappa shape index (κ2) is 13.0. The van der Waals surface area contributed by atoms with E-state index in [-0.39, 0.29) is 0 Å². The average Bonchev–Trinajstić information content (AvgIpc) is 3.62. The quantitative estimate of drug-likeness (QED) is 0.160. The van der Waals surface area contributed by atoms with Gasteiger partial charge in [-0.3, -0.25) is 0 Å². The van der Waals surface area contributed by atoms with Gasteiger partial charge in [0, 0.05) is 21.9 Å². The predicted octanol–water partition coefficient (Wildman–Crippen LogP) is 15.9. The van der Waals surface area contributed by atoms with Crippen molar-refractivity contribution in [3.8, 4) is 44.5 Å². The first kappa shape index (κ1) is 33.7. The van der Waals surface area contributed by atoms with Crippen molar-refractivity contribution in [2.45, 2.75) is 4.90 Å². The molecule has 0 radical (unpaired) electrons. The molecule has 0 saturated heterocycles. The predicted molar refractivity (Wildman–Crippen MR) is 249 cm³/mol. The zero-order chi connectivity index (χ0) is 38.3. The number of hydrogen-bond donors (Lipinski definition) is 0. The maximum Gasteiger partial charge on any atom is 0.143 e. The molecule has 11 rings (SSSR count). The Hall–Kier alpha value is -6.61. The largest absolute Gasteiger partial charge is 0.455 e. The van der Waals surface area contributed by atoms with Gasteiger partial charge in [-0.25, -0.2) is 10.0 Å². The summed E-state index contributed by atoms with van der Waals surface area (Å²) in [5.41, 5.74) is 11.5. The Morgan fingerprint density at radius 1 is 0.333 bits per heavy atom. The van der Waals surface area contributed by atoms with Crippen molar-refractivity contribution in [3.05, 3.63) is 188 Å². The normalized spacial score (nSPS) is 12.4. The van der Waals surface area contributed by atoms with Crippen molar-refractivity contribution in [2.24, 2.45) is 0 Å². The van der Waals surface area contributed by atoms with E-state index in [0.717, 1.165) is 27.5 Å². The molecule has 0 aliphatic carbocycles. The summed E-state index contributed by atoms with van der Waals surface area (Å²) in [5, 5.41) is 12.1. The summed E-state index contributed by atoms with van der Waals surface area (Å²) >= 11 is 0. The molecule has 0 bridgehead atoms. The van der Waals surface area contributed by atoms with E-state index in [1.165, 1.54) is 86.9 Å². The Kier molecular flexibility index (Phi) is 7.68. The smallest absolute Gasteiger partial charge is 0.143 e. The summed E-state index contributed by atoms with van der Waals surface area (Å²) in [6, 6.07) is 69.3. The van der Waals surface area contributed by atoms with Crippen LogP contribution in [-0.2, 0) is 0 Å². The van der Waals surface area contributed by atoms with Gasteiger partial charge in [0.15, 0.2) is 0 Å². The van der Waals surface area contributed by atoms with Crippen LogP contribution in [0.15, 0.2) is 197 Å². The summed E-state index contributed by atoms with van der Waals surface area (Å²) in [6.07, 6.45) is 7.08. The van der Waals surface area contributed by atoms with E-state index in [4.69, 9.17) is 4.42 Å². The van der Waals surface area contributed by atoms with Gasteiger partial charge in [-0.15, -0.1) is 0 Å². The van der Waals surface area contributed by atoms with Crippen molar-refractivity contribution >= 4 is 75.1 Å². The fraction of sp³-hybridized carbons (Fsp3) is 0.0545. The molecule has 272 valence electrons. The SMILES string of the molecule is CS(C)(C)c1ccc(-c2c3ccccc3c(-c3cccc4c3oc3cc5ccccc5cc34)c3cc(-c4ccc(-c5cccc6ccccc56)cc4)ccc23)cc1. The number of hydrogen-bond acceptors (Lipinski definition) is 1. The van der Waals surface area contributed by atoms with Crippen LogP contribution in [0, 0.1) is 0 Å². The molecule has 0 unspecified atom stereocenters. The Bertz CT molecular complexity index is 3360. The highest BCUT2D eigenvalue weighted by Gasteiger charge is 2.22. The number of para-hydroxylation sites is 1. The Morgan fingerprint density at radius 2 is 0.877 bits per heavy atom. The first-order chi connectivity index (χ1) is 27.9. The van der Waals surface area contributed by atoms with E-state index < -0.39 is 10.0 Å². The zero-order valence-electron chi connectivity index (χ0n) is 32.2. The van der Waals surface area contributed by atoms with Crippen molar-refractivity contribution in [1.82, 2.24) is 0 Å². The number of furan rings is 1. The van der Waals surface area contributed by atoms with Crippen LogP contribution in [0.2, 0.25) is 0 Å². The summed E-state index contributed by atoms with van der Waals surface area (Å²) in [6.45, 7) is 0. The van der Waals surface area contributed by atoms with E-state index in [2.05, 4.69) is 207 Å². The number of fused-ring (bicyclic) bond motifs is 7. The molecule has 1 aromatic heterocycles. The molecule has 1 nitrogen and oxygen atoms in total. The third-order valence-corrected chi connectivity index (χ3v) is 13.5. The molecule has 2 heteroatoms. The fourth-order valence-electron chi connectivity index (χ4n) is 8.99. The lowest BCUT2D eigenvalue weighted by Gasteiger charge is -2.26. The standard InChI is InChI=1S/C55H40OS/c1-57(2,3)42-29-26-38(27-30-42)53-45-17-8-9-18-46(45)54(49-21-11-20-48-50-32-39-13-4-5-14-40(39)34-52(50)56-55(48)49)51-33-41(28-31-47(51)53)35-22-24-37(25-23-35)44-19-10-15-36-12-6-7-16-43(36)44/h4-34H,1-3H3. The monoisotopic (exact) mass is 748 g/mol. The molecule has 57 heavy (non-hydrogen) atoms. The molecule has 0 spiro atoms. The second-order valence-corrected chi connectivity index (χ2v) is 20.1. The lowest BCUT2D eigenvalue weighted by Crippen LogP contribution is -1.94. The van der Waals surface area contributed by atoms with E-state index in [1.54, 1.807) is 0 Å². The minimum absolute atomic E-state index is 0.853. The van der Waals surface area contributed by atoms with Crippen LogP contribution in [0.25, 0.3) is 110 Å². The van der Waals surface area contributed by atoms with Gasteiger partial charge < -0.3 is 4.42 Å². The van der Waals surface area contributed by atoms with Crippen LogP contribution < -0.4 is 0 Å². The van der Waals surface area contributed by atoms with Gasteiger partial charge in [0.1, 0.15) is 11.2 Å². The first-order valence-electron chi connectivity index (χ1n) is 19.6. The van der Waals surface area contributed by atoms with E-state index in [0.29, 0.717) is 0 Å². The van der Waals surface area contributed by atoms with Crippen LogP contribution >= 0.6 is 10.0 Å². The zero-order valence-corrected chi connectivity index (χ0v) is 33.0. The highest BCUT2D eigenvalue weighted by Crippen LogP contribution is 2.49. The molecule has 0 aliphatic rings. The van der Waals surface area contributed by atoms with Crippen LogP contribution in [-0.4, -0.2) is 18.8 Å². The first-order valence-corrected chi connectivity index (χ1v) is 22.5. The highest BCUT2D eigenvalue weighted by molar-refractivity contribution is 8.32. The topological polar surface area (TPSA) is 13.1 Å².